The van der Waals surface area contributed by atoms with Gasteiger partial charge in [0.25, 0.3) is 0 Å². The fourth-order valence-electron chi connectivity index (χ4n) is 1.05. The fourth-order valence-corrected chi connectivity index (χ4v) is 2.54. The molecular formula is C7H5FN2O3S2. The van der Waals surface area contributed by atoms with Crippen LogP contribution in [-0.2, 0) is 10.3 Å². The molecule has 0 unspecified atom stereocenters. The molecule has 2 N–H and O–H groups in total. The molecule has 80 valence electrons. The number of thiazole rings is 1. The standard InChI is InChI=1S/C7H5FN2O3S2/c8-4-1-2-5-6(3-4)14-7(9-5)10-15(11,12)13/h1-3H,(H,9,10)(H,11,12,13). The number of halogens is 1. The zero-order chi connectivity index (χ0) is 11.1. The summed E-state index contributed by atoms with van der Waals surface area (Å²) < 4.78 is 44.5. The van der Waals surface area contributed by atoms with E-state index in [1.54, 1.807) is 4.72 Å². The van der Waals surface area contributed by atoms with Crippen LogP contribution in [0.25, 0.3) is 10.2 Å². The lowest BCUT2D eigenvalue weighted by atomic mass is 10.3. The monoisotopic (exact) mass is 248 g/mol. The first-order valence-corrected chi connectivity index (χ1v) is 6.01. The predicted molar refractivity (Wildman–Crippen MR) is 54.7 cm³/mol. The van der Waals surface area contributed by atoms with Crippen molar-refractivity contribution in [1.29, 1.82) is 0 Å². The average Bonchev–Trinajstić information content (AvgIpc) is 2.42. The molecule has 2 aromatic rings. The van der Waals surface area contributed by atoms with Crippen LogP contribution in [0.4, 0.5) is 9.52 Å². The molecule has 15 heavy (non-hydrogen) atoms. The van der Waals surface area contributed by atoms with Gasteiger partial charge >= 0.3 is 10.3 Å². The third-order valence-corrected chi connectivity index (χ3v) is 3.08. The van der Waals surface area contributed by atoms with Gasteiger partial charge in [0.15, 0.2) is 5.13 Å². The molecule has 0 aliphatic carbocycles. The van der Waals surface area contributed by atoms with Crippen molar-refractivity contribution in [2.75, 3.05) is 4.72 Å². The van der Waals surface area contributed by atoms with Gasteiger partial charge in [-0.3, -0.25) is 4.55 Å². The summed E-state index contributed by atoms with van der Waals surface area (Å²) in [5.74, 6) is -0.426. The van der Waals surface area contributed by atoms with Gasteiger partial charge in [0, 0.05) is 0 Å². The third kappa shape index (κ3) is 2.41. The number of hydrogen-bond acceptors (Lipinski definition) is 4. The zero-order valence-electron chi connectivity index (χ0n) is 7.14. The molecule has 8 heteroatoms. The molecule has 2 rings (SSSR count). The number of rotatable bonds is 2. The van der Waals surface area contributed by atoms with E-state index in [0.717, 1.165) is 11.3 Å². The summed E-state index contributed by atoms with van der Waals surface area (Å²) in [7, 11) is -4.33. The number of fused-ring (bicyclic) bond motifs is 1. The molecule has 0 bridgehead atoms. The maximum absolute atomic E-state index is 12.8. The lowest BCUT2D eigenvalue weighted by Gasteiger charge is -1.93. The first-order valence-electron chi connectivity index (χ1n) is 3.75. The molecule has 0 atom stereocenters. The molecule has 0 aliphatic heterocycles. The summed E-state index contributed by atoms with van der Waals surface area (Å²) in [6.07, 6.45) is 0. The summed E-state index contributed by atoms with van der Waals surface area (Å²) in [4.78, 5) is 3.84. The summed E-state index contributed by atoms with van der Waals surface area (Å²) in [6.45, 7) is 0. The van der Waals surface area contributed by atoms with Crippen molar-refractivity contribution in [3.8, 4) is 0 Å². The van der Waals surface area contributed by atoms with Gasteiger partial charge in [-0.2, -0.15) is 8.42 Å². The van der Waals surface area contributed by atoms with E-state index >= 15 is 0 Å². The van der Waals surface area contributed by atoms with Crippen molar-refractivity contribution in [3.05, 3.63) is 24.0 Å². The molecular weight excluding hydrogens is 243 g/mol. The van der Waals surface area contributed by atoms with Crippen molar-refractivity contribution < 1.29 is 17.4 Å². The molecule has 0 spiro atoms. The van der Waals surface area contributed by atoms with Crippen molar-refractivity contribution in [3.63, 3.8) is 0 Å². The van der Waals surface area contributed by atoms with E-state index < -0.39 is 16.1 Å². The molecule has 1 aromatic heterocycles. The second-order valence-electron chi connectivity index (χ2n) is 2.71. The van der Waals surface area contributed by atoms with Gasteiger partial charge in [0.2, 0.25) is 0 Å². The predicted octanol–water partition coefficient (Wildman–Crippen LogP) is 1.65. The number of nitrogens with zero attached hydrogens (tertiary/aromatic N) is 1. The number of nitrogens with one attached hydrogen (secondary N) is 1. The minimum atomic E-state index is -4.33. The smallest absolute Gasteiger partial charge is 0.269 e. The normalized spacial score (nSPS) is 11.9. The van der Waals surface area contributed by atoms with E-state index in [0.29, 0.717) is 10.2 Å². The van der Waals surface area contributed by atoms with Crippen molar-refractivity contribution in [2.24, 2.45) is 0 Å². The minimum absolute atomic E-state index is 0.00176. The largest absolute Gasteiger partial charge is 0.359 e. The average molecular weight is 248 g/mol. The summed E-state index contributed by atoms with van der Waals surface area (Å²) in [6, 6.07) is 3.89. The lowest BCUT2D eigenvalue weighted by molar-refractivity contribution is 0.489. The van der Waals surface area contributed by atoms with Crippen LogP contribution in [0.2, 0.25) is 0 Å². The Morgan fingerprint density at radius 3 is 2.87 bits per heavy atom. The van der Waals surface area contributed by atoms with Crippen LogP contribution < -0.4 is 4.72 Å². The van der Waals surface area contributed by atoms with Gasteiger partial charge in [-0.1, -0.05) is 11.3 Å². The quantitative estimate of drug-likeness (QED) is 0.792. The van der Waals surface area contributed by atoms with Crippen LogP contribution in [-0.4, -0.2) is 18.0 Å². The highest BCUT2D eigenvalue weighted by Crippen LogP contribution is 2.26. The fraction of sp³-hybridized carbons (Fsp3) is 0. The second-order valence-corrected chi connectivity index (χ2v) is 4.89. The molecule has 0 fully saturated rings. The molecule has 1 aromatic carbocycles. The molecule has 0 radical (unpaired) electrons. The van der Waals surface area contributed by atoms with Crippen molar-refractivity contribution in [1.82, 2.24) is 4.98 Å². The summed E-state index contributed by atoms with van der Waals surface area (Å²) >= 11 is 0.937. The SMILES string of the molecule is O=S(=O)(O)Nc1nc2ccc(F)cc2s1. The first kappa shape index (κ1) is 10.3. The molecule has 0 aliphatic rings. The van der Waals surface area contributed by atoms with Gasteiger partial charge in [0.05, 0.1) is 10.2 Å². The Balaban J connectivity index is 2.48. The van der Waals surface area contributed by atoms with Gasteiger partial charge in [-0.15, -0.1) is 0 Å². The van der Waals surface area contributed by atoms with Crippen molar-refractivity contribution in [2.45, 2.75) is 0 Å². The highest BCUT2D eigenvalue weighted by atomic mass is 32.2. The zero-order valence-corrected chi connectivity index (χ0v) is 8.77. The Morgan fingerprint density at radius 1 is 1.47 bits per heavy atom. The van der Waals surface area contributed by atoms with Crippen LogP contribution in [0, 0.1) is 5.82 Å². The Kier molecular flexibility index (Phi) is 2.33. The van der Waals surface area contributed by atoms with Gasteiger partial charge < -0.3 is 0 Å². The van der Waals surface area contributed by atoms with Crippen LogP contribution in [0.3, 0.4) is 0 Å². The van der Waals surface area contributed by atoms with Crippen LogP contribution in [0.15, 0.2) is 18.2 Å². The lowest BCUT2D eigenvalue weighted by Crippen LogP contribution is -2.09. The van der Waals surface area contributed by atoms with Crippen molar-refractivity contribution >= 4 is 37.0 Å². The van der Waals surface area contributed by atoms with E-state index in [2.05, 4.69) is 4.98 Å². The Bertz CT molecular complexity index is 608. The minimum Gasteiger partial charge on any atom is -0.269 e. The number of benzene rings is 1. The topological polar surface area (TPSA) is 79.3 Å². The number of anilines is 1. The van der Waals surface area contributed by atoms with E-state index in [-0.39, 0.29) is 5.13 Å². The van der Waals surface area contributed by atoms with Crippen LogP contribution in [0.1, 0.15) is 0 Å². The second kappa shape index (κ2) is 3.40. The maximum Gasteiger partial charge on any atom is 0.359 e. The number of aromatic nitrogens is 1. The maximum atomic E-state index is 12.8. The summed E-state index contributed by atoms with van der Waals surface area (Å²) in [5, 5.41) is -0.00176. The Labute approximate surface area is 88.5 Å². The molecule has 1 heterocycles. The number of hydrogen-bond donors (Lipinski definition) is 2. The molecule has 0 saturated heterocycles. The Morgan fingerprint density at radius 2 is 2.20 bits per heavy atom. The molecule has 0 amide bonds. The Hall–Kier alpha value is -1.25. The van der Waals surface area contributed by atoms with E-state index in [1.807, 2.05) is 0 Å². The van der Waals surface area contributed by atoms with Gasteiger partial charge in [-0.05, 0) is 18.2 Å². The van der Waals surface area contributed by atoms with Gasteiger partial charge in [0.1, 0.15) is 5.82 Å². The van der Waals surface area contributed by atoms with E-state index in [4.69, 9.17) is 4.55 Å². The summed E-state index contributed by atoms with van der Waals surface area (Å²) in [5.41, 5.74) is 0.465. The molecule has 5 nitrogen and oxygen atoms in total. The molecule has 0 saturated carbocycles. The third-order valence-electron chi connectivity index (χ3n) is 1.57. The van der Waals surface area contributed by atoms with Gasteiger partial charge in [-0.25, -0.2) is 14.1 Å². The van der Waals surface area contributed by atoms with Crippen LogP contribution >= 0.6 is 11.3 Å². The highest BCUT2D eigenvalue weighted by molar-refractivity contribution is 7.87. The highest BCUT2D eigenvalue weighted by Gasteiger charge is 2.09. The van der Waals surface area contributed by atoms with E-state index in [9.17, 15) is 12.8 Å². The first-order chi connectivity index (χ1) is 6.94. The van der Waals surface area contributed by atoms with Crippen LogP contribution in [0.5, 0.6) is 0 Å². The van der Waals surface area contributed by atoms with E-state index in [1.165, 1.54) is 18.2 Å².